The minimum absolute atomic E-state index is 0.153. The number of hydrogen-bond donors (Lipinski definition) is 2. The Balaban J connectivity index is 2.24. The number of carbonyl (C=O) groups excluding carboxylic acids is 1. The summed E-state index contributed by atoms with van der Waals surface area (Å²) in [6, 6.07) is 10.8. The smallest absolute Gasteiger partial charge is 0.221 e. The van der Waals surface area contributed by atoms with Crippen LogP contribution in [0.25, 0.3) is 0 Å². The van der Waals surface area contributed by atoms with Crippen LogP contribution in [0.4, 0.5) is 5.69 Å². The first-order valence-electron chi connectivity index (χ1n) is 5.88. The molecule has 1 aromatic carbocycles. The van der Waals surface area contributed by atoms with Crippen molar-refractivity contribution < 1.29 is 9.53 Å². The van der Waals surface area contributed by atoms with Crippen LogP contribution in [0.5, 0.6) is 11.6 Å². The Morgan fingerprint density at radius 2 is 2.16 bits per heavy atom. The van der Waals surface area contributed by atoms with Gasteiger partial charge in [0.1, 0.15) is 0 Å². The number of rotatable bonds is 4. The van der Waals surface area contributed by atoms with E-state index in [2.05, 4.69) is 10.3 Å². The van der Waals surface area contributed by atoms with Crippen LogP contribution >= 0.6 is 0 Å². The summed E-state index contributed by atoms with van der Waals surface area (Å²) in [5.74, 6) is 0.833. The molecule has 1 amide bonds. The number of anilines is 1. The number of nitrogens with zero attached hydrogens (tertiary/aromatic N) is 1. The summed E-state index contributed by atoms with van der Waals surface area (Å²) in [6.45, 7) is 1.87. The van der Waals surface area contributed by atoms with Crippen LogP contribution in [0, 0.1) is 0 Å². The van der Waals surface area contributed by atoms with Crippen molar-refractivity contribution in [3.63, 3.8) is 0 Å². The number of pyridine rings is 1. The molecule has 5 heteroatoms. The molecule has 1 aromatic heterocycles. The summed E-state index contributed by atoms with van der Waals surface area (Å²) in [5.41, 5.74) is 7.11. The van der Waals surface area contributed by atoms with Gasteiger partial charge in [0.2, 0.25) is 11.8 Å². The van der Waals surface area contributed by atoms with E-state index in [1.54, 1.807) is 24.4 Å². The van der Waals surface area contributed by atoms with Gasteiger partial charge in [-0.2, -0.15) is 0 Å². The Hall–Kier alpha value is -2.40. The second-order valence-electron chi connectivity index (χ2n) is 3.99. The van der Waals surface area contributed by atoms with E-state index in [4.69, 9.17) is 10.5 Å². The zero-order valence-electron chi connectivity index (χ0n) is 10.6. The second kappa shape index (κ2) is 5.97. The Kier molecular flexibility index (Phi) is 4.10. The third kappa shape index (κ3) is 3.53. The lowest BCUT2D eigenvalue weighted by molar-refractivity contribution is -0.114. The highest BCUT2D eigenvalue weighted by molar-refractivity contribution is 5.90. The molecule has 0 saturated carbocycles. The Labute approximate surface area is 111 Å². The Morgan fingerprint density at radius 3 is 2.89 bits per heavy atom. The van der Waals surface area contributed by atoms with Crippen molar-refractivity contribution in [2.45, 2.75) is 13.5 Å². The molecule has 2 aromatic rings. The predicted octanol–water partition coefficient (Wildman–Crippen LogP) is 2.29. The van der Waals surface area contributed by atoms with Crippen LogP contribution in [-0.4, -0.2) is 10.9 Å². The molecule has 3 N–H and O–H groups in total. The van der Waals surface area contributed by atoms with E-state index in [1.165, 1.54) is 6.92 Å². The van der Waals surface area contributed by atoms with Gasteiger partial charge in [0.25, 0.3) is 0 Å². The summed E-state index contributed by atoms with van der Waals surface area (Å²) in [6.07, 6.45) is 1.64. The van der Waals surface area contributed by atoms with Crippen molar-refractivity contribution in [1.29, 1.82) is 0 Å². The summed E-state index contributed by atoms with van der Waals surface area (Å²) >= 11 is 0. The van der Waals surface area contributed by atoms with Crippen LogP contribution in [0.1, 0.15) is 12.5 Å². The topological polar surface area (TPSA) is 77.2 Å². The molecule has 0 unspecified atom stereocenters. The number of amides is 1. The number of carbonyl (C=O) groups is 1. The van der Waals surface area contributed by atoms with Crippen LogP contribution in [0.2, 0.25) is 0 Å². The highest BCUT2D eigenvalue weighted by Crippen LogP contribution is 2.28. The fourth-order valence-corrected chi connectivity index (χ4v) is 1.59. The predicted molar refractivity (Wildman–Crippen MR) is 72.9 cm³/mol. The van der Waals surface area contributed by atoms with Crippen LogP contribution < -0.4 is 15.8 Å². The molecule has 0 aliphatic heterocycles. The molecule has 0 radical (unpaired) electrons. The standard InChI is InChI=1S/C14H15N3O2/c1-10(18)17-12-4-2-3-5-13(12)19-14-8-11(9-15)6-7-16-14/h2-8H,9,15H2,1H3,(H,17,18). The minimum atomic E-state index is -0.153. The second-order valence-corrected chi connectivity index (χ2v) is 3.99. The number of benzene rings is 1. The zero-order chi connectivity index (χ0) is 13.7. The molecule has 0 fully saturated rings. The molecular formula is C14H15N3O2. The van der Waals surface area contributed by atoms with Crippen molar-refractivity contribution in [2.75, 3.05) is 5.32 Å². The lowest BCUT2D eigenvalue weighted by Crippen LogP contribution is -2.07. The molecule has 0 spiro atoms. The van der Waals surface area contributed by atoms with Gasteiger partial charge in [-0.25, -0.2) is 4.98 Å². The van der Waals surface area contributed by atoms with Crippen LogP contribution in [-0.2, 0) is 11.3 Å². The van der Waals surface area contributed by atoms with Gasteiger partial charge < -0.3 is 15.8 Å². The number of nitrogens with two attached hydrogens (primary N) is 1. The Bertz CT molecular complexity index is 584. The number of hydrogen-bond acceptors (Lipinski definition) is 4. The molecule has 0 saturated heterocycles. The van der Waals surface area contributed by atoms with Gasteiger partial charge in [-0.1, -0.05) is 12.1 Å². The fourth-order valence-electron chi connectivity index (χ4n) is 1.59. The van der Waals surface area contributed by atoms with Gasteiger partial charge in [-0.05, 0) is 23.8 Å². The van der Waals surface area contributed by atoms with Crippen molar-refractivity contribution in [3.8, 4) is 11.6 Å². The van der Waals surface area contributed by atoms with Gasteiger partial charge in [0.15, 0.2) is 5.75 Å². The quantitative estimate of drug-likeness (QED) is 0.881. The number of nitrogens with one attached hydrogen (secondary N) is 1. The monoisotopic (exact) mass is 257 g/mol. The van der Waals surface area contributed by atoms with Gasteiger partial charge in [0, 0.05) is 25.7 Å². The van der Waals surface area contributed by atoms with E-state index in [0.29, 0.717) is 23.9 Å². The normalized spacial score (nSPS) is 10.0. The maximum atomic E-state index is 11.1. The van der Waals surface area contributed by atoms with E-state index in [9.17, 15) is 4.79 Å². The van der Waals surface area contributed by atoms with E-state index >= 15 is 0 Å². The molecule has 98 valence electrons. The summed E-state index contributed by atoms with van der Waals surface area (Å²) < 4.78 is 5.67. The number of para-hydroxylation sites is 2. The average molecular weight is 257 g/mol. The Morgan fingerprint density at radius 1 is 1.37 bits per heavy atom. The largest absolute Gasteiger partial charge is 0.437 e. The van der Waals surface area contributed by atoms with Gasteiger partial charge in [-0.3, -0.25) is 4.79 Å². The van der Waals surface area contributed by atoms with E-state index in [0.717, 1.165) is 5.56 Å². The summed E-state index contributed by atoms with van der Waals surface area (Å²) in [4.78, 5) is 15.2. The van der Waals surface area contributed by atoms with E-state index in [-0.39, 0.29) is 5.91 Å². The molecule has 1 heterocycles. The van der Waals surface area contributed by atoms with Gasteiger partial charge in [0.05, 0.1) is 5.69 Å². The maximum absolute atomic E-state index is 11.1. The molecule has 0 aliphatic carbocycles. The highest BCUT2D eigenvalue weighted by Gasteiger charge is 2.06. The number of aromatic nitrogens is 1. The summed E-state index contributed by atoms with van der Waals surface area (Å²) in [7, 11) is 0. The first-order chi connectivity index (χ1) is 9.19. The summed E-state index contributed by atoms with van der Waals surface area (Å²) in [5, 5.41) is 2.71. The van der Waals surface area contributed by atoms with Crippen molar-refractivity contribution in [3.05, 3.63) is 48.2 Å². The molecule has 2 rings (SSSR count). The maximum Gasteiger partial charge on any atom is 0.221 e. The third-order valence-electron chi connectivity index (χ3n) is 2.45. The molecule has 5 nitrogen and oxygen atoms in total. The zero-order valence-corrected chi connectivity index (χ0v) is 10.6. The first kappa shape index (κ1) is 13.0. The minimum Gasteiger partial charge on any atom is -0.437 e. The lowest BCUT2D eigenvalue weighted by atomic mass is 10.2. The first-order valence-corrected chi connectivity index (χ1v) is 5.88. The number of ether oxygens (including phenoxy) is 1. The van der Waals surface area contributed by atoms with Crippen LogP contribution in [0.3, 0.4) is 0 Å². The van der Waals surface area contributed by atoms with E-state index in [1.807, 2.05) is 18.2 Å². The average Bonchev–Trinajstić information content (AvgIpc) is 2.41. The molecule has 0 bridgehead atoms. The third-order valence-corrected chi connectivity index (χ3v) is 2.45. The van der Waals surface area contributed by atoms with Crippen LogP contribution in [0.15, 0.2) is 42.6 Å². The lowest BCUT2D eigenvalue weighted by Gasteiger charge is -2.10. The van der Waals surface area contributed by atoms with Crippen molar-refractivity contribution >= 4 is 11.6 Å². The SMILES string of the molecule is CC(=O)Nc1ccccc1Oc1cc(CN)ccn1. The van der Waals surface area contributed by atoms with Crippen molar-refractivity contribution in [2.24, 2.45) is 5.73 Å². The highest BCUT2D eigenvalue weighted by atomic mass is 16.5. The molecular weight excluding hydrogens is 242 g/mol. The van der Waals surface area contributed by atoms with E-state index < -0.39 is 0 Å². The molecule has 0 aliphatic rings. The fraction of sp³-hybridized carbons (Fsp3) is 0.143. The molecule has 0 atom stereocenters. The van der Waals surface area contributed by atoms with Gasteiger partial charge in [-0.15, -0.1) is 0 Å². The van der Waals surface area contributed by atoms with Crippen molar-refractivity contribution in [1.82, 2.24) is 4.98 Å². The molecule has 19 heavy (non-hydrogen) atoms. The van der Waals surface area contributed by atoms with Gasteiger partial charge >= 0.3 is 0 Å².